The van der Waals surface area contributed by atoms with E-state index in [1.165, 1.54) is 12.1 Å². The maximum absolute atomic E-state index is 12.8. The Bertz CT molecular complexity index is 1280. The van der Waals surface area contributed by atoms with Crippen LogP contribution in [0, 0.1) is 6.92 Å². The molecular formula is C18H18F2N6O3S. The van der Waals surface area contributed by atoms with Gasteiger partial charge in [-0.3, -0.25) is 0 Å². The second-order valence-electron chi connectivity index (χ2n) is 6.53. The predicted molar refractivity (Wildman–Crippen MR) is 105 cm³/mol. The van der Waals surface area contributed by atoms with Crippen molar-refractivity contribution in [1.82, 2.24) is 24.8 Å². The van der Waals surface area contributed by atoms with Crippen LogP contribution in [0.3, 0.4) is 0 Å². The van der Waals surface area contributed by atoms with E-state index < -0.39 is 40.3 Å². The lowest BCUT2D eigenvalue weighted by Crippen LogP contribution is -2.27. The van der Waals surface area contributed by atoms with E-state index in [0.717, 1.165) is 15.6 Å². The number of nitrogens with two attached hydrogens (primary N) is 1. The molecule has 12 heteroatoms. The van der Waals surface area contributed by atoms with Crippen LogP contribution in [0.1, 0.15) is 5.56 Å². The van der Waals surface area contributed by atoms with Crippen molar-refractivity contribution >= 4 is 9.84 Å². The number of aryl methyl sites for hydroxylation is 1. The molecule has 30 heavy (non-hydrogen) atoms. The van der Waals surface area contributed by atoms with E-state index in [-0.39, 0.29) is 10.7 Å². The summed E-state index contributed by atoms with van der Waals surface area (Å²) in [7, 11) is -3.33. The highest BCUT2D eigenvalue weighted by atomic mass is 32.2. The molecule has 2 heterocycles. The minimum absolute atomic E-state index is 0.168. The van der Waals surface area contributed by atoms with Crippen molar-refractivity contribution in [3.63, 3.8) is 0 Å². The number of nitrogens with zero attached hydrogens (tertiary/aromatic N) is 5. The topological polar surface area (TPSA) is 126 Å². The fourth-order valence-electron chi connectivity index (χ4n) is 2.65. The minimum Gasteiger partial charge on any atom is -0.327 e. The summed E-state index contributed by atoms with van der Waals surface area (Å²) in [6, 6.07) is 9.53. The molecular weight excluding hydrogens is 418 g/mol. The van der Waals surface area contributed by atoms with E-state index in [1.54, 1.807) is 31.2 Å². The zero-order valence-corrected chi connectivity index (χ0v) is 16.9. The van der Waals surface area contributed by atoms with E-state index in [4.69, 9.17) is 5.73 Å². The van der Waals surface area contributed by atoms with Gasteiger partial charge in [-0.2, -0.15) is 13.5 Å². The zero-order chi connectivity index (χ0) is 22.1. The van der Waals surface area contributed by atoms with E-state index in [0.29, 0.717) is 16.8 Å². The highest BCUT2D eigenvalue weighted by Gasteiger charge is 2.16. The van der Waals surface area contributed by atoms with Crippen LogP contribution < -0.4 is 11.4 Å². The molecule has 3 aromatic rings. The van der Waals surface area contributed by atoms with Crippen molar-refractivity contribution in [3.8, 4) is 17.1 Å². The molecule has 0 atom stereocenters. The van der Waals surface area contributed by atoms with Crippen LogP contribution in [0.4, 0.5) is 8.78 Å². The van der Waals surface area contributed by atoms with Gasteiger partial charge in [0, 0.05) is 23.9 Å². The number of pyridine rings is 1. The lowest BCUT2D eigenvalue weighted by atomic mass is 10.1. The van der Waals surface area contributed by atoms with E-state index >= 15 is 0 Å². The Morgan fingerprint density at radius 3 is 2.33 bits per heavy atom. The standard InChI is InChI=1S/C18H18F2N6O3S/c1-11-3-8-15(12-4-6-14(7-5-12)30(2,28)29)22-17(11)26-18(27)25(23-24-26)10-13(9-21)16(19)20/h3-8H,9-10,21H2,1-2H3. The summed E-state index contributed by atoms with van der Waals surface area (Å²) in [5.74, 6) is 0.176. The first-order valence-corrected chi connectivity index (χ1v) is 10.6. The average Bonchev–Trinajstić information content (AvgIpc) is 3.05. The molecule has 0 aliphatic carbocycles. The Kier molecular flexibility index (Phi) is 5.89. The van der Waals surface area contributed by atoms with Gasteiger partial charge in [-0.05, 0) is 41.1 Å². The monoisotopic (exact) mass is 436 g/mol. The van der Waals surface area contributed by atoms with E-state index in [9.17, 15) is 22.0 Å². The van der Waals surface area contributed by atoms with Gasteiger partial charge in [-0.25, -0.2) is 18.2 Å². The fraction of sp³-hybridized carbons (Fsp3) is 0.222. The second kappa shape index (κ2) is 8.24. The molecule has 3 rings (SSSR count). The van der Waals surface area contributed by atoms with Crippen molar-refractivity contribution in [2.24, 2.45) is 5.73 Å². The Balaban J connectivity index is 2.01. The Morgan fingerprint density at radius 1 is 1.10 bits per heavy atom. The molecule has 0 saturated heterocycles. The third-order valence-electron chi connectivity index (χ3n) is 4.34. The maximum atomic E-state index is 12.8. The van der Waals surface area contributed by atoms with Crippen LogP contribution in [0.2, 0.25) is 0 Å². The first kappa shape index (κ1) is 21.5. The maximum Gasteiger partial charge on any atom is 0.370 e. The smallest absolute Gasteiger partial charge is 0.327 e. The molecule has 9 nitrogen and oxygen atoms in total. The number of hydrogen-bond acceptors (Lipinski definition) is 7. The number of rotatable bonds is 6. The molecule has 0 radical (unpaired) electrons. The third kappa shape index (κ3) is 4.33. The normalized spacial score (nSPS) is 11.5. The average molecular weight is 436 g/mol. The Morgan fingerprint density at radius 2 is 1.77 bits per heavy atom. The molecule has 0 saturated carbocycles. The van der Waals surface area contributed by atoms with Gasteiger partial charge in [0.05, 0.1) is 17.1 Å². The summed E-state index contributed by atoms with van der Waals surface area (Å²) in [6.07, 6.45) is -0.854. The summed E-state index contributed by atoms with van der Waals surface area (Å²) in [4.78, 5) is 17.2. The third-order valence-corrected chi connectivity index (χ3v) is 5.47. The van der Waals surface area contributed by atoms with Crippen molar-refractivity contribution in [2.45, 2.75) is 18.4 Å². The van der Waals surface area contributed by atoms with Crippen LogP contribution in [0.25, 0.3) is 17.1 Å². The Hall–Kier alpha value is -3.25. The second-order valence-corrected chi connectivity index (χ2v) is 8.55. The number of aromatic nitrogens is 5. The Labute approximate surface area is 170 Å². The van der Waals surface area contributed by atoms with Crippen LogP contribution >= 0.6 is 0 Å². The van der Waals surface area contributed by atoms with Gasteiger partial charge in [0.1, 0.15) is 0 Å². The largest absolute Gasteiger partial charge is 0.370 e. The SMILES string of the molecule is Cc1ccc(-c2ccc(S(C)(=O)=O)cc2)nc1-n1nnn(CC(CN)=C(F)F)c1=O. The zero-order valence-electron chi connectivity index (χ0n) is 16.1. The first-order chi connectivity index (χ1) is 14.1. The van der Waals surface area contributed by atoms with E-state index in [2.05, 4.69) is 15.4 Å². The molecule has 1 aromatic carbocycles. The van der Waals surface area contributed by atoms with Gasteiger partial charge in [0.25, 0.3) is 6.08 Å². The molecule has 0 aliphatic rings. The van der Waals surface area contributed by atoms with Crippen LogP contribution in [0.15, 0.2) is 57.7 Å². The van der Waals surface area contributed by atoms with Gasteiger partial charge in [0.2, 0.25) is 0 Å². The minimum atomic E-state index is -3.33. The summed E-state index contributed by atoms with van der Waals surface area (Å²) in [6.45, 7) is 0.804. The molecule has 0 bridgehead atoms. The van der Waals surface area contributed by atoms with Crippen LogP contribution in [-0.4, -0.2) is 46.0 Å². The first-order valence-electron chi connectivity index (χ1n) is 8.66. The fourth-order valence-corrected chi connectivity index (χ4v) is 3.29. The molecule has 0 spiro atoms. The molecule has 2 N–H and O–H groups in total. The van der Waals surface area contributed by atoms with Crippen molar-refractivity contribution < 1.29 is 17.2 Å². The highest BCUT2D eigenvalue weighted by molar-refractivity contribution is 7.90. The highest BCUT2D eigenvalue weighted by Crippen LogP contribution is 2.22. The number of benzene rings is 1. The predicted octanol–water partition coefficient (Wildman–Crippen LogP) is 1.31. The molecule has 0 aliphatic heterocycles. The van der Waals surface area contributed by atoms with Gasteiger partial charge in [-0.15, -0.1) is 4.68 Å². The molecule has 0 amide bonds. The number of sulfone groups is 1. The summed E-state index contributed by atoms with van der Waals surface area (Å²) in [5.41, 5.74) is 5.80. The summed E-state index contributed by atoms with van der Waals surface area (Å²) >= 11 is 0. The van der Waals surface area contributed by atoms with Gasteiger partial charge in [0.15, 0.2) is 15.7 Å². The van der Waals surface area contributed by atoms with Crippen LogP contribution in [0.5, 0.6) is 0 Å². The molecule has 2 aromatic heterocycles. The van der Waals surface area contributed by atoms with Gasteiger partial charge >= 0.3 is 5.69 Å². The number of halogens is 2. The van der Waals surface area contributed by atoms with Crippen molar-refractivity contribution in [3.05, 3.63) is 64.1 Å². The lowest BCUT2D eigenvalue weighted by molar-refractivity contribution is 0.400. The summed E-state index contributed by atoms with van der Waals surface area (Å²) in [5, 5.41) is 7.37. The lowest BCUT2D eigenvalue weighted by Gasteiger charge is -2.07. The van der Waals surface area contributed by atoms with Crippen molar-refractivity contribution in [2.75, 3.05) is 12.8 Å². The van der Waals surface area contributed by atoms with E-state index in [1.807, 2.05) is 0 Å². The summed E-state index contributed by atoms with van der Waals surface area (Å²) < 4.78 is 50.6. The molecule has 0 unspecified atom stereocenters. The van der Waals surface area contributed by atoms with Crippen molar-refractivity contribution in [1.29, 1.82) is 0 Å². The van der Waals surface area contributed by atoms with Crippen LogP contribution in [-0.2, 0) is 16.4 Å². The quantitative estimate of drug-likeness (QED) is 0.617. The number of tetrazole rings is 1. The van der Waals surface area contributed by atoms with Gasteiger partial charge in [-0.1, -0.05) is 18.2 Å². The molecule has 0 fully saturated rings. The molecule has 158 valence electrons. The van der Waals surface area contributed by atoms with Gasteiger partial charge < -0.3 is 5.73 Å². The number of hydrogen-bond donors (Lipinski definition) is 1.